The van der Waals surface area contributed by atoms with Gasteiger partial charge in [0.05, 0.1) is 5.69 Å². The summed E-state index contributed by atoms with van der Waals surface area (Å²) < 4.78 is 5.39. The molecule has 1 fully saturated rings. The molecule has 0 radical (unpaired) electrons. The first kappa shape index (κ1) is 26.6. The number of anilines is 2. The van der Waals surface area contributed by atoms with E-state index in [4.69, 9.17) is 4.74 Å². The predicted octanol–water partition coefficient (Wildman–Crippen LogP) is 4.71. The van der Waals surface area contributed by atoms with Crippen molar-refractivity contribution in [2.24, 2.45) is 0 Å². The van der Waals surface area contributed by atoms with E-state index < -0.39 is 0 Å². The highest BCUT2D eigenvalue weighted by molar-refractivity contribution is 7.99. The van der Waals surface area contributed by atoms with Gasteiger partial charge >= 0.3 is 0 Å². The number of ether oxygens (including phenoxy) is 1. The van der Waals surface area contributed by atoms with E-state index in [1.165, 1.54) is 4.90 Å². The standard InChI is InChI=1S/C28H33N5O3S/c1-3-36-19-4-20-37-25-11-7-22(8-12-25)26-13-14-29-28(31-26)30-24-9-5-23(6-10-24)27(35)33-17-15-32(16-18-33)21(2)34/h5-14H,3-4,15-20H2,1-2H3,(H,29,30,31). The van der Waals surface area contributed by atoms with E-state index in [9.17, 15) is 9.59 Å². The van der Waals surface area contributed by atoms with Gasteiger partial charge < -0.3 is 19.9 Å². The molecule has 8 nitrogen and oxygen atoms in total. The molecule has 0 bridgehead atoms. The Bertz CT molecular complexity index is 1180. The summed E-state index contributed by atoms with van der Waals surface area (Å²) in [7, 11) is 0. The largest absolute Gasteiger partial charge is 0.382 e. The van der Waals surface area contributed by atoms with Gasteiger partial charge in [-0.15, -0.1) is 11.8 Å². The maximum absolute atomic E-state index is 12.8. The molecule has 194 valence electrons. The van der Waals surface area contributed by atoms with Gasteiger partial charge in [0.2, 0.25) is 11.9 Å². The molecule has 0 spiro atoms. The highest BCUT2D eigenvalue weighted by atomic mass is 32.2. The molecule has 3 aromatic rings. The van der Waals surface area contributed by atoms with Gasteiger partial charge in [0.1, 0.15) is 0 Å². The summed E-state index contributed by atoms with van der Waals surface area (Å²) in [4.78, 5) is 38.1. The zero-order valence-corrected chi connectivity index (χ0v) is 22.2. The van der Waals surface area contributed by atoms with Crippen LogP contribution in [0.3, 0.4) is 0 Å². The molecule has 1 aliphatic rings. The number of hydrogen-bond donors (Lipinski definition) is 1. The van der Waals surface area contributed by atoms with Crippen molar-refractivity contribution >= 4 is 35.2 Å². The summed E-state index contributed by atoms with van der Waals surface area (Å²) in [6.07, 6.45) is 2.77. The maximum Gasteiger partial charge on any atom is 0.253 e. The second-order valence-electron chi connectivity index (χ2n) is 8.69. The number of carbonyl (C=O) groups excluding carboxylic acids is 2. The van der Waals surface area contributed by atoms with Crippen molar-refractivity contribution in [1.82, 2.24) is 19.8 Å². The lowest BCUT2D eigenvalue weighted by Crippen LogP contribution is -2.50. The third-order valence-electron chi connectivity index (χ3n) is 6.11. The summed E-state index contributed by atoms with van der Waals surface area (Å²) in [5.41, 5.74) is 3.28. The van der Waals surface area contributed by atoms with Gasteiger partial charge in [-0.1, -0.05) is 12.1 Å². The minimum atomic E-state index is -0.0242. The third kappa shape index (κ3) is 7.53. The Labute approximate surface area is 222 Å². The first-order valence-electron chi connectivity index (χ1n) is 12.6. The Balaban J connectivity index is 1.32. The Hall–Kier alpha value is -3.43. The van der Waals surface area contributed by atoms with E-state index in [0.717, 1.165) is 42.3 Å². The van der Waals surface area contributed by atoms with Crippen LogP contribution in [0.15, 0.2) is 65.7 Å². The number of nitrogens with zero attached hydrogens (tertiary/aromatic N) is 4. The number of thioether (sulfide) groups is 1. The number of amides is 2. The Morgan fingerprint density at radius 2 is 1.68 bits per heavy atom. The summed E-state index contributed by atoms with van der Waals surface area (Å²) in [5.74, 6) is 1.55. The van der Waals surface area contributed by atoms with Crippen molar-refractivity contribution < 1.29 is 14.3 Å². The van der Waals surface area contributed by atoms with Crippen LogP contribution in [0.25, 0.3) is 11.3 Å². The second-order valence-corrected chi connectivity index (χ2v) is 9.86. The Morgan fingerprint density at radius 1 is 0.973 bits per heavy atom. The molecule has 1 aromatic heterocycles. The lowest BCUT2D eigenvalue weighted by molar-refractivity contribution is -0.130. The quantitative estimate of drug-likeness (QED) is 0.307. The monoisotopic (exact) mass is 519 g/mol. The summed E-state index contributed by atoms with van der Waals surface area (Å²) in [6.45, 7) is 7.39. The molecule has 1 aliphatic heterocycles. The summed E-state index contributed by atoms with van der Waals surface area (Å²) in [6, 6.07) is 17.6. The van der Waals surface area contributed by atoms with E-state index in [2.05, 4.69) is 39.6 Å². The van der Waals surface area contributed by atoms with Crippen LogP contribution < -0.4 is 5.32 Å². The maximum atomic E-state index is 12.8. The number of aromatic nitrogens is 2. The van der Waals surface area contributed by atoms with Gasteiger partial charge in [0.25, 0.3) is 5.91 Å². The van der Waals surface area contributed by atoms with Gasteiger partial charge in [0.15, 0.2) is 0 Å². The molecule has 2 aromatic carbocycles. The zero-order chi connectivity index (χ0) is 26.0. The molecule has 0 atom stereocenters. The van der Waals surface area contributed by atoms with Gasteiger partial charge in [0, 0.05) is 80.0 Å². The normalized spacial score (nSPS) is 13.5. The number of hydrogen-bond acceptors (Lipinski definition) is 7. The Morgan fingerprint density at radius 3 is 2.35 bits per heavy atom. The fourth-order valence-electron chi connectivity index (χ4n) is 4.03. The molecule has 0 aliphatic carbocycles. The average Bonchev–Trinajstić information content (AvgIpc) is 2.93. The number of nitrogens with one attached hydrogen (secondary N) is 1. The summed E-state index contributed by atoms with van der Waals surface area (Å²) in [5, 5.41) is 3.23. The highest BCUT2D eigenvalue weighted by Gasteiger charge is 2.23. The highest BCUT2D eigenvalue weighted by Crippen LogP contribution is 2.25. The van der Waals surface area contributed by atoms with Crippen molar-refractivity contribution in [2.45, 2.75) is 25.2 Å². The fourth-order valence-corrected chi connectivity index (χ4v) is 4.86. The number of rotatable bonds is 10. The van der Waals surface area contributed by atoms with Crippen molar-refractivity contribution in [2.75, 3.05) is 50.5 Å². The molecule has 1 N–H and O–H groups in total. The van der Waals surface area contributed by atoms with Crippen LogP contribution >= 0.6 is 11.8 Å². The first-order valence-corrected chi connectivity index (χ1v) is 13.6. The second kappa shape index (κ2) is 13.2. The Kier molecular flexibility index (Phi) is 9.51. The first-order chi connectivity index (χ1) is 18.0. The lowest BCUT2D eigenvalue weighted by atomic mass is 10.1. The molecule has 1 saturated heterocycles. The number of benzene rings is 2. The van der Waals surface area contributed by atoms with E-state index >= 15 is 0 Å². The van der Waals surface area contributed by atoms with Crippen LogP contribution in [0.4, 0.5) is 11.6 Å². The molecular formula is C28H33N5O3S. The van der Waals surface area contributed by atoms with E-state index in [-0.39, 0.29) is 11.8 Å². The molecular weight excluding hydrogens is 486 g/mol. The van der Waals surface area contributed by atoms with Crippen LogP contribution in [0.1, 0.15) is 30.6 Å². The number of piperazine rings is 1. The third-order valence-corrected chi connectivity index (χ3v) is 7.21. The van der Waals surface area contributed by atoms with Gasteiger partial charge in [-0.25, -0.2) is 9.97 Å². The van der Waals surface area contributed by atoms with Crippen molar-refractivity contribution in [3.8, 4) is 11.3 Å². The van der Waals surface area contributed by atoms with Crippen molar-refractivity contribution in [3.63, 3.8) is 0 Å². The van der Waals surface area contributed by atoms with Gasteiger partial charge in [-0.05, 0) is 55.8 Å². The molecule has 0 saturated carbocycles. The summed E-state index contributed by atoms with van der Waals surface area (Å²) >= 11 is 1.83. The molecule has 0 unspecified atom stereocenters. The number of carbonyl (C=O) groups is 2. The minimum absolute atomic E-state index is 0.0242. The van der Waals surface area contributed by atoms with Crippen LogP contribution in [0, 0.1) is 0 Å². The van der Waals surface area contributed by atoms with Crippen molar-refractivity contribution in [3.05, 3.63) is 66.4 Å². The molecule has 37 heavy (non-hydrogen) atoms. The van der Waals surface area contributed by atoms with E-state index in [1.54, 1.807) is 35.1 Å². The topological polar surface area (TPSA) is 87.7 Å². The fraction of sp³-hybridized carbons (Fsp3) is 0.357. The SMILES string of the molecule is CCOCCCSc1ccc(-c2ccnc(Nc3ccc(C(=O)N4CCN(C(C)=O)CC4)cc3)n2)cc1. The lowest BCUT2D eigenvalue weighted by Gasteiger charge is -2.34. The molecule has 2 heterocycles. The van der Waals surface area contributed by atoms with Crippen LogP contribution in [-0.2, 0) is 9.53 Å². The van der Waals surface area contributed by atoms with Crippen molar-refractivity contribution in [1.29, 1.82) is 0 Å². The van der Waals surface area contributed by atoms with Gasteiger partial charge in [-0.3, -0.25) is 9.59 Å². The van der Waals surface area contributed by atoms with E-state index in [1.807, 2.05) is 36.9 Å². The molecule has 4 rings (SSSR count). The van der Waals surface area contributed by atoms with Crippen LogP contribution in [0.5, 0.6) is 0 Å². The van der Waals surface area contributed by atoms with Crippen LogP contribution in [-0.4, -0.2) is 76.7 Å². The predicted molar refractivity (Wildman–Crippen MR) is 147 cm³/mol. The molecule has 9 heteroatoms. The van der Waals surface area contributed by atoms with E-state index in [0.29, 0.717) is 37.7 Å². The van der Waals surface area contributed by atoms with Crippen LogP contribution in [0.2, 0.25) is 0 Å². The molecule has 2 amide bonds. The smallest absolute Gasteiger partial charge is 0.253 e. The zero-order valence-electron chi connectivity index (χ0n) is 21.4. The van der Waals surface area contributed by atoms with Gasteiger partial charge in [-0.2, -0.15) is 0 Å². The minimum Gasteiger partial charge on any atom is -0.382 e. The average molecular weight is 520 g/mol.